The maximum atomic E-state index is 12.2. The van der Waals surface area contributed by atoms with Gasteiger partial charge < -0.3 is 4.74 Å². The molecular formula is C17H13ClN2O3S. The van der Waals surface area contributed by atoms with Crippen molar-refractivity contribution in [3.63, 3.8) is 0 Å². The largest absolute Gasteiger partial charge is 0.461 e. The highest BCUT2D eigenvalue weighted by atomic mass is 35.5. The standard InChI is InChI=1S/C17H13ClN2O3S/c1-2-23-17(22)14-10-24-16(20-14)13(9-19)15(21)8-5-11-3-6-12(18)7-4-11/h3-8,10,13H,2H2,1H3/b8-5+. The molecule has 0 fully saturated rings. The first kappa shape index (κ1) is 17.9. The summed E-state index contributed by atoms with van der Waals surface area (Å²) in [6.07, 6.45) is 2.92. The average Bonchev–Trinajstić information content (AvgIpc) is 3.05. The minimum absolute atomic E-state index is 0.103. The van der Waals surface area contributed by atoms with E-state index in [9.17, 15) is 14.9 Å². The van der Waals surface area contributed by atoms with Crippen LogP contribution in [0.25, 0.3) is 6.08 Å². The van der Waals surface area contributed by atoms with Gasteiger partial charge in [0.1, 0.15) is 5.01 Å². The lowest BCUT2D eigenvalue weighted by molar-refractivity contribution is -0.114. The molecule has 2 rings (SSSR count). The molecular weight excluding hydrogens is 348 g/mol. The van der Waals surface area contributed by atoms with E-state index in [1.54, 1.807) is 37.3 Å². The van der Waals surface area contributed by atoms with E-state index in [2.05, 4.69) is 4.98 Å². The lowest BCUT2D eigenvalue weighted by Crippen LogP contribution is -2.09. The van der Waals surface area contributed by atoms with Gasteiger partial charge in [0, 0.05) is 10.4 Å². The molecule has 1 aromatic heterocycles. The summed E-state index contributed by atoms with van der Waals surface area (Å²) in [5.74, 6) is -2.03. The number of rotatable bonds is 6. The summed E-state index contributed by atoms with van der Waals surface area (Å²) in [7, 11) is 0. The van der Waals surface area contributed by atoms with Crippen molar-refractivity contribution >= 4 is 40.8 Å². The van der Waals surface area contributed by atoms with Crippen molar-refractivity contribution in [2.75, 3.05) is 6.61 Å². The molecule has 0 amide bonds. The van der Waals surface area contributed by atoms with Gasteiger partial charge in [-0.15, -0.1) is 11.3 Å². The number of nitriles is 1. The molecule has 1 aromatic carbocycles. The van der Waals surface area contributed by atoms with Crippen LogP contribution in [0.2, 0.25) is 5.02 Å². The fourth-order valence-electron chi connectivity index (χ4n) is 1.81. The van der Waals surface area contributed by atoms with Crippen LogP contribution in [0, 0.1) is 11.3 Å². The predicted molar refractivity (Wildman–Crippen MR) is 91.9 cm³/mol. The van der Waals surface area contributed by atoms with E-state index in [1.807, 2.05) is 6.07 Å². The molecule has 0 spiro atoms. The molecule has 7 heteroatoms. The van der Waals surface area contributed by atoms with Gasteiger partial charge in [0.15, 0.2) is 17.4 Å². The summed E-state index contributed by atoms with van der Waals surface area (Å²) >= 11 is 6.88. The molecule has 0 radical (unpaired) electrons. The third-order valence-electron chi connectivity index (χ3n) is 2.98. The smallest absolute Gasteiger partial charge is 0.357 e. The highest BCUT2D eigenvalue weighted by molar-refractivity contribution is 7.10. The van der Waals surface area contributed by atoms with Crippen molar-refractivity contribution in [1.29, 1.82) is 5.26 Å². The number of hydrogen-bond acceptors (Lipinski definition) is 6. The second kappa shape index (κ2) is 8.39. The molecule has 0 N–H and O–H groups in total. The number of thiazole rings is 1. The van der Waals surface area contributed by atoms with Gasteiger partial charge in [-0.05, 0) is 30.7 Å². The highest BCUT2D eigenvalue weighted by Gasteiger charge is 2.23. The van der Waals surface area contributed by atoms with Crippen molar-refractivity contribution in [1.82, 2.24) is 4.98 Å². The van der Waals surface area contributed by atoms with E-state index in [0.717, 1.165) is 16.9 Å². The second-order valence-corrected chi connectivity index (χ2v) is 5.97. The van der Waals surface area contributed by atoms with Crippen LogP contribution in [-0.2, 0) is 9.53 Å². The number of hydrogen-bond donors (Lipinski definition) is 0. The van der Waals surface area contributed by atoms with E-state index in [1.165, 1.54) is 11.5 Å². The van der Waals surface area contributed by atoms with Crippen LogP contribution in [-0.4, -0.2) is 23.3 Å². The second-order valence-electron chi connectivity index (χ2n) is 4.64. The van der Waals surface area contributed by atoms with Gasteiger partial charge >= 0.3 is 5.97 Å². The third kappa shape index (κ3) is 4.51. The first-order valence-corrected chi connectivity index (χ1v) is 8.30. The zero-order valence-corrected chi connectivity index (χ0v) is 14.3. The van der Waals surface area contributed by atoms with Crippen molar-refractivity contribution in [3.8, 4) is 6.07 Å². The Morgan fingerprint density at radius 1 is 1.42 bits per heavy atom. The molecule has 1 atom stereocenters. The Bertz CT molecular complexity index is 806. The predicted octanol–water partition coefficient (Wildman–Crippen LogP) is 3.86. The number of esters is 1. The van der Waals surface area contributed by atoms with Gasteiger partial charge in [0.05, 0.1) is 12.7 Å². The van der Waals surface area contributed by atoms with Crippen molar-refractivity contribution in [2.45, 2.75) is 12.8 Å². The SMILES string of the molecule is CCOC(=O)c1csc(C(C#N)C(=O)/C=C/c2ccc(Cl)cc2)n1. The summed E-state index contributed by atoms with van der Waals surface area (Å²) in [6, 6.07) is 8.86. The summed E-state index contributed by atoms with van der Waals surface area (Å²) in [5.41, 5.74) is 0.891. The monoisotopic (exact) mass is 360 g/mol. The Morgan fingerprint density at radius 2 is 2.12 bits per heavy atom. The van der Waals surface area contributed by atoms with Crippen LogP contribution < -0.4 is 0 Å². The molecule has 0 bridgehead atoms. The molecule has 0 saturated heterocycles. The van der Waals surface area contributed by atoms with E-state index in [4.69, 9.17) is 16.3 Å². The van der Waals surface area contributed by atoms with Gasteiger partial charge in [-0.2, -0.15) is 5.26 Å². The number of benzene rings is 1. The van der Waals surface area contributed by atoms with Crippen LogP contribution in [0.1, 0.15) is 33.9 Å². The molecule has 0 aliphatic carbocycles. The Morgan fingerprint density at radius 3 is 2.75 bits per heavy atom. The first-order valence-electron chi connectivity index (χ1n) is 7.04. The molecule has 1 heterocycles. The van der Waals surface area contributed by atoms with Crippen molar-refractivity contribution < 1.29 is 14.3 Å². The van der Waals surface area contributed by atoms with Gasteiger partial charge in [0.2, 0.25) is 0 Å². The zero-order valence-electron chi connectivity index (χ0n) is 12.7. The molecule has 0 saturated carbocycles. The Kier molecular flexibility index (Phi) is 6.24. The van der Waals surface area contributed by atoms with Crippen LogP contribution in [0.4, 0.5) is 0 Å². The van der Waals surface area contributed by atoms with Crippen LogP contribution in [0.15, 0.2) is 35.7 Å². The summed E-state index contributed by atoms with van der Waals surface area (Å²) in [6.45, 7) is 1.92. The number of nitrogens with zero attached hydrogens (tertiary/aromatic N) is 2. The van der Waals surface area contributed by atoms with E-state index < -0.39 is 17.7 Å². The number of carbonyl (C=O) groups is 2. The molecule has 5 nitrogen and oxygen atoms in total. The van der Waals surface area contributed by atoms with Gasteiger partial charge in [-0.1, -0.05) is 29.8 Å². The number of carbonyl (C=O) groups excluding carboxylic acids is 2. The molecule has 2 aromatic rings. The van der Waals surface area contributed by atoms with Gasteiger partial charge in [-0.3, -0.25) is 4.79 Å². The van der Waals surface area contributed by atoms with Crippen molar-refractivity contribution in [3.05, 3.63) is 57.0 Å². The molecule has 0 aliphatic heterocycles. The maximum Gasteiger partial charge on any atom is 0.357 e. The maximum absolute atomic E-state index is 12.2. The van der Waals surface area contributed by atoms with Gasteiger partial charge in [0.25, 0.3) is 0 Å². The molecule has 122 valence electrons. The van der Waals surface area contributed by atoms with Crippen LogP contribution in [0.3, 0.4) is 0 Å². The molecule has 24 heavy (non-hydrogen) atoms. The van der Waals surface area contributed by atoms with Crippen LogP contribution in [0.5, 0.6) is 0 Å². The Hall–Kier alpha value is -2.49. The summed E-state index contributed by atoms with van der Waals surface area (Å²) < 4.78 is 4.84. The molecule has 1 unspecified atom stereocenters. The summed E-state index contributed by atoms with van der Waals surface area (Å²) in [4.78, 5) is 27.9. The lowest BCUT2D eigenvalue weighted by Gasteiger charge is -2.01. The highest BCUT2D eigenvalue weighted by Crippen LogP contribution is 2.22. The van der Waals surface area contributed by atoms with E-state index in [-0.39, 0.29) is 17.3 Å². The zero-order chi connectivity index (χ0) is 17.5. The first-order chi connectivity index (χ1) is 11.5. The Labute approximate surface area is 148 Å². The average molecular weight is 361 g/mol. The number of aromatic nitrogens is 1. The third-order valence-corrected chi connectivity index (χ3v) is 4.14. The van der Waals surface area contributed by atoms with E-state index >= 15 is 0 Å². The minimum Gasteiger partial charge on any atom is -0.461 e. The van der Waals surface area contributed by atoms with E-state index in [0.29, 0.717) is 5.02 Å². The van der Waals surface area contributed by atoms with Crippen molar-refractivity contribution in [2.24, 2.45) is 0 Å². The van der Waals surface area contributed by atoms with Crippen LogP contribution >= 0.6 is 22.9 Å². The molecule has 0 aliphatic rings. The topological polar surface area (TPSA) is 80.0 Å². The van der Waals surface area contributed by atoms with Gasteiger partial charge in [-0.25, -0.2) is 9.78 Å². The summed E-state index contributed by atoms with van der Waals surface area (Å²) in [5, 5.41) is 11.6. The normalized spacial score (nSPS) is 11.9. The number of allylic oxidation sites excluding steroid dienone is 1. The number of ether oxygens (including phenoxy) is 1. The number of ketones is 1. The lowest BCUT2D eigenvalue weighted by atomic mass is 10.1. The minimum atomic E-state index is -1.05. The fraction of sp³-hybridized carbons (Fsp3) is 0.176. The Balaban J connectivity index is 2.13. The fourth-order valence-corrected chi connectivity index (χ4v) is 2.77. The number of halogens is 1. The quantitative estimate of drug-likeness (QED) is 0.577.